The van der Waals surface area contributed by atoms with Crippen molar-refractivity contribution in [2.45, 2.75) is 19.5 Å². The Kier molecular flexibility index (Phi) is 78.2. The van der Waals surface area contributed by atoms with E-state index in [9.17, 15) is 0 Å². The van der Waals surface area contributed by atoms with Gasteiger partial charge in [-0.05, 0) is 0 Å². The number of nitrogens with one attached hydrogen (secondary N) is 1. The largest absolute Gasteiger partial charge is 4.00 e. The summed E-state index contributed by atoms with van der Waals surface area (Å²) in [6, 6.07) is 0. The number of carbonyl (C=O) groups is 1. The molecule has 0 aliphatic heterocycles. The van der Waals surface area contributed by atoms with Crippen molar-refractivity contribution in [2.24, 2.45) is 0 Å². The van der Waals surface area contributed by atoms with Gasteiger partial charge >= 0.3 is 25.8 Å². The van der Waals surface area contributed by atoms with E-state index in [0.717, 1.165) is 15.9 Å². The van der Waals surface area contributed by atoms with Gasteiger partial charge in [0, 0.05) is 15.9 Å². The zero-order valence-electron chi connectivity index (χ0n) is 8.26. The molecule has 79 valence electrons. The van der Waals surface area contributed by atoms with Crippen LogP contribution < -0.4 is 24.8 Å². The molecular weight excluding hydrogens is 404 g/mol. The number of hydrogen-bond donors (Lipinski definition) is 0. The Balaban J connectivity index is -0.0000000276. The summed E-state index contributed by atoms with van der Waals surface area (Å²) in [6.07, 6.45) is 10.0. The van der Waals surface area contributed by atoms with Gasteiger partial charge in [0.15, 0.2) is 0 Å². The van der Waals surface area contributed by atoms with Gasteiger partial charge in [0.2, 0.25) is 0 Å². The van der Waals surface area contributed by atoms with Crippen molar-refractivity contribution in [1.82, 2.24) is 0 Å². The van der Waals surface area contributed by atoms with E-state index in [0.29, 0.717) is 0 Å². The van der Waals surface area contributed by atoms with Crippen molar-refractivity contribution in [3.8, 4) is 0 Å². The molecular formula is C8H14Cl2HfNOSi. The van der Waals surface area contributed by atoms with Crippen LogP contribution in [0.4, 0.5) is 0 Å². The van der Waals surface area contributed by atoms with Crippen molar-refractivity contribution < 1.29 is 55.5 Å². The second-order valence-corrected chi connectivity index (χ2v) is 2.85. The molecule has 14 heavy (non-hydrogen) atoms. The third-order valence-corrected chi connectivity index (χ3v) is 0.586. The minimum atomic E-state index is 0. The average molecular weight is 418 g/mol. The van der Waals surface area contributed by atoms with E-state index in [2.05, 4.69) is 25.2 Å². The number of rotatable bonds is 0. The van der Waals surface area contributed by atoms with Gasteiger partial charge in [0.1, 0.15) is 0 Å². The quantitative estimate of drug-likeness (QED) is 0.225. The fraction of sp³-hybridized carbons (Fsp3) is 0.375. The van der Waals surface area contributed by atoms with E-state index in [1.807, 2.05) is 12.2 Å². The molecule has 0 heterocycles. The minimum Gasteiger partial charge on any atom is -1.00 e. The number of halogens is 2. The normalized spacial score (nSPS) is 8.43. The number of amides is 1. The summed E-state index contributed by atoms with van der Waals surface area (Å²) in [7, 11) is 0.750. The molecule has 6 heteroatoms. The Morgan fingerprint density at radius 3 is 1.86 bits per heavy atom. The van der Waals surface area contributed by atoms with Crippen LogP contribution in [-0.4, -0.2) is 15.9 Å². The Morgan fingerprint density at radius 2 is 1.79 bits per heavy atom. The van der Waals surface area contributed by atoms with Crippen LogP contribution in [0, 0.1) is 6.08 Å². The fourth-order valence-electron chi connectivity index (χ4n) is 0.340. The minimum absolute atomic E-state index is 0. The molecule has 0 fully saturated rings. The van der Waals surface area contributed by atoms with Crippen LogP contribution in [-0.2, 0) is 30.6 Å². The summed E-state index contributed by atoms with van der Waals surface area (Å²) in [5, 5.41) is 0. The van der Waals surface area contributed by atoms with Gasteiger partial charge in [0.25, 0.3) is 0 Å². The monoisotopic (exact) mass is 418 g/mol. The molecule has 2 nitrogen and oxygen atoms in total. The molecule has 0 unspecified atom stereocenters. The molecule has 1 N–H and O–H groups in total. The van der Waals surface area contributed by atoms with E-state index >= 15 is 0 Å². The predicted molar refractivity (Wildman–Crippen MR) is 50.8 cm³/mol. The van der Waals surface area contributed by atoms with Gasteiger partial charge in [-0.25, -0.2) is 12.2 Å². The molecule has 0 saturated heterocycles. The number of allylic oxidation sites excluding steroid dienone is 4. The summed E-state index contributed by atoms with van der Waals surface area (Å²) in [5.41, 5.74) is 5.53. The van der Waals surface area contributed by atoms with Crippen LogP contribution in [0.2, 0.25) is 13.1 Å². The first-order valence-corrected chi connectivity index (χ1v) is 5.71. The standard InChI is InChI=1S/C5H5.C2H7Si.CH3NO.2ClH.Hf/c1-2-4-5-3-1;1-3-2;2-1-3;;;/h1-3H,4H2;3H,1-2H3;1H,(H2,2,3);2*1H;/q-1;;;;;+4/p-3. The van der Waals surface area contributed by atoms with Crippen molar-refractivity contribution in [1.29, 1.82) is 0 Å². The van der Waals surface area contributed by atoms with Crippen molar-refractivity contribution in [2.75, 3.05) is 0 Å². The van der Waals surface area contributed by atoms with E-state index in [1.54, 1.807) is 0 Å². The van der Waals surface area contributed by atoms with Gasteiger partial charge in [-0.3, -0.25) is 6.08 Å². The summed E-state index contributed by atoms with van der Waals surface area (Å²) < 4.78 is 0. The van der Waals surface area contributed by atoms with Gasteiger partial charge in [-0.15, -0.1) is 6.42 Å². The summed E-state index contributed by atoms with van der Waals surface area (Å²) >= 11 is 0. The van der Waals surface area contributed by atoms with Crippen LogP contribution in [0.3, 0.4) is 0 Å². The smallest absolute Gasteiger partial charge is 1.00 e. The molecule has 1 aliphatic carbocycles. The molecule has 1 rings (SSSR count). The van der Waals surface area contributed by atoms with Crippen LogP contribution in [0.25, 0.3) is 5.73 Å². The van der Waals surface area contributed by atoms with E-state index in [4.69, 9.17) is 10.5 Å². The molecule has 0 bridgehead atoms. The summed E-state index contributed by atoms with van der Waals surface area (Å²) in [5.74, 6) is 0. The zero-order valence-corrected chi connectivity index (χ0v) is 14.5. The van der Waals surface area contributed by atoms with Crippen LogP contribution in [0.1, 0.15) is 6.42 Å². The summed E-state index contributed by atoms with van der Waals surface area (Å²) in [6.45, 7) is 4.42. The van der Waals surface area contributed by atoms with Crippen LogP contribution >= 0.6 is 0 Å². The Bertz CT molecular complexity index is 125. The average Bonchev–Trinajstić information content (AvgIpc) is 2.44. The van der Waals surface area contributed by atoms with Gasteiger partial charge in [0.05, 0.1) is 0 Å². The Labute approximate surface area is 120 Å². The third kappa shape index (κ3) is 54.0. The van der Waals surface area contributed by atoms with Gasteiger partial charge in [-0.2, -0.15) is 6.08 Å². The molecule has 0 spiro atoms. The predicted octanol–water partition coefficient (Wildman–Crippen LogP) is -3.97. The molecule has 1 radical (unpaired) electrons. The number of carbonyl (C=O) groups excluding carboxylic acids is 1. The zero-order chi connectivity index (χ0) is 8.95. The second kappa shape index (κ2) is 37.4. The fourth-order valence-corrected chi connectivity index (χ4v) is 0.340. The van der Waals surface area contributed by atoms with Crippen molar-refractivity contribution >= 4 is 15.9 Å². The van der Waals surface area contributed by atoms with Crippen molar-refractivity contribution in [3.63, 3.8) is 0 Å². The maximum absolute atomic E-state index is 8.47. The van der Waals surface area contributed by atoms with Gasteiger partial charge in [-0.1, -0.05) is 13.1 Å². The van der Waals surface area contributed by atoms with Crippen LogP contribution in [0.5, 0.6) is 0 Å². The van der Waals surface area contributed by atoms with E-state index in [1.165, 1.54) is 0 Å². The first-order valence-electron chi connectivity index (χ1n) is 3.40. The third-order valence-electron chi connectivity index (χ3n) is 0.586. The van der Waals surface area contributed by atoms with Crippen molar-refractivity contribution in [3.05, 3.63) is 30.0 Å². The Hall–Kier alpha value is 0.617. The van der Waals surface area contributed by atoms with Gasteiger partial charge < -0.3 is 35.3 Å². The molecule has 0 saturated carbocycles. The topological polar surface area (TPSA) is 40.9 Å². The molecule has 0 aromatic heterocycles. The maximum atomic E-state index is 8.47. The molecule has 1 amide bonds. The first-order chi connectivity index (χ1) is 5.33. The van der Waals surface area contributed by atoms with Crippen LogP contribution in [0.15, 0.2) is 18.2 Å². The summed E-state index contributed by atoms with van der Waals surface area (Å²) in [4.78, 5) is 8.47. The van der Waals surface area contributed by atoms with E-state index in [-0.39, 0.29) is 57.1 Å². The maximum Gasteiger partial charge on any atom is 4.00 e. The first kappa shape index (κ1) is 29.3. The molecule has 1 aliphatic rings. The number of hydrogen-bond acceptors (Lipinski definition) is 1. The Morgan fingerprint density at radius 1 is 1.43 bits per heavy atom. The molecule has 0 atom stereocenters. The second-order valence-electron chi connectivity index (χ2n) is 1.70. The molecule has 0 aromatic carbocycles. The SMILES string of the molecule is C[SiH]C.[C-]1=CC=CC1.[Cl-].[Cl-].[Hf+4].[NH-]C=O. The molecule has 0 aromatic rings. The van der Waals surface area contributed by atoms with E-state index < -0.39 is 0 Å².